The van der Waals surface area contributed by atoms with Gasteiger partial charge in [0.25, 0.3) is 0 Å². The van der Waals surface area contributed by atoms with Crippen LogP contribution in [0.2, 0.25) is 5.02 Å². The summed E-state index contributed by atoms with van der Waals surface area (Å²) in [5, 5.41) is 4.01. The van der Waals surface area contributed by atoms with E-state index < -0.39 is 0 Å². The Bertz CT molecular complexity index is 599. The third-order valence-corrected chi connectivity index (χ3v) is 3.27. The van der Waals surface area contributed by atoms with Crippen molar-refractivity contribution in [3.05, 3.63) is 35.6 Å². The van der Waals surface area contributed by atoms with Gasteiger partial charge in [0.05, 0.1) is 12.8 Å². The lowest BCUT2D eigenvalue weighted by Gasteiger charge is -2.10. The van der Waals surface area contributed by atoms with Crippen molar-refractivity contribution in [1.29, 1.82) is 0 Å². The van der Waals surface area contributed by atoms with E-state index in [0.29, 0.717) is 11.1 Å². The Kier molecular flexibility index (Phi) is 3.25. The highest BCUT2D eigenvalue weighted by Gasteiger charge is 2.21. The molecule has 0 radical (unpaired) electrons. The molecule has 4 nitrogen and oxygen atoms in total. The molecule has 1 fully saturated rings. The Labute approximate surface area is 116 Å². The summed E-state index contributed by atoms with van der Waals surface area (Å²) in [6.45, 7) is 0. The first-order chi connectivity index (χ1) is 9.26. The van der Waals surface area contributed by atoms with Gasteiger partial charge in [0.2, 0.25) is 0 Å². The van der Waals surface area contributed by atoms with Crippen molar-refractivity contribution in [3.8, 4) is 17.0 Å². The van der Waals surface area contributed by atoms with Gasteiger partial charge in [-0.15, -0.1) is 0 Å². The van der Waals surface area contributed by atoms with Crippen LogP contribution in [0.4, 0.5) is 5.82 Å². The van der Waals surface area contributed by atoms with Crippen molar-refractivity contribution in [2.24, 2.45) is 0 Å². The van der Waals surface area contributed by atoms with Gasteiger partial charge < -0.3 is 10.1 Å². The number of aromatic nitrogens is 2. The highest BCUT2D eigenvalue weighted by Crippen LogP contribution is 2.32. The molecule has 19 heavy (non-hydrogen) atoms. The van der Waals surface area contributed by atoms with Gasteiger partial charge in [-0.1, -0.05) is 11.6 Å². The second-order valence-corrected chi connectivity index (χ2v) is 4.99. The smallest absolute Gasteiger partial charge is 0.130 e. The summed E-state index contributed by atoms with van der Waals surface area (Å²) in [5.41, 5.74) is 1.67. The summed E-state index contributed by atoms with van der Waals surface area (Å²) in [6.07, 6.45) is 3.97. The van der Waals surface area contributed by atoms with Crippen molar-refractivity contribution in [2.45, 2.75) is 18.9 Å². The van der Waals surface area contributed by atoms with Crippen LogP contribution in [0.5, 0.6) is 5.75 Å². The topological polar surface area (TPSA) is 47.0 Å². The number of hydrogen-bond donors (Lipinski definition) is 1. The van der Waals surface area contributed by atoms with E-state index in [1.54, 1.807) is 19.5 Å². The number of halogens is 1. The van der Waals surface area contributed by atoms with Crippen molar-refractivity contribution >= 4 is 17.4 Å². The van der Waals surface area contributed by atoms with E-state index in [0.717, 1.165) is 22.8 Å². The monoisotopic (exact) mass is 275 g/mol. The Balaban J connectivity index is 1.98. The highest BCUT2D eigenvalue weighted by atomic mass is 35.5. The highest BCUT2D eigenvalue weighted by molar-refractivity contribution is 6.30. The average Bonchev–Trinajstić information content (AvgIpc) is 3.23. The summed E-state index contributed by atoms with van der Waals surface area (Å²) in [4.78, 5) is 8.52. The largest absolute Gasteiger partial charge is 0.496 e. The van der Waals surface area contributed by atoms with Crippen molar-refractivity contribution in [1.82, 2.24) is 9.97 Å². The van der Waals surface area contributed by atoms with Crippen LogP contribution < -0.4 is 10.1 Å². The predicted molar refractivity (Wildman–Crippen MR) is 75.7 cm³/mol. The van der Waals surface area contributed by atoms with Gasteiger partial charge in [-0.2, -0.15) is 0 Å². The van der Waals surface area contributed by atoms with Crippen molar-refractivity contribution in [2.75, 3.05) is 12.4 Å². The van der Waals surface area contributed by atoms with E-state index in [9.17, 15) is 0 Å². The molecule has 5 heteroatoms. The molecule has 1 aromatic heterocycles. The van der Waals surface area contributed by atoms with Crippen LogP contribution in [0.1, 0.15) is 12.8 Å². The van der Waals surface area contributed by atoms with Gasteiger partial charge in [0.15, 0.2) is 0 Å². The maximum atomic E-state index is 6.04. The second kappa shape index (κ2) is 5.05. The number of anilines is 1. The molecule has 0 aliphatic heterocycles. The van der Waals surface area contributed by atoms with E-state index in [-0.39, 0.29) is 0 Å². The lowest BCUT2D eigenvalue weighted by atomic mass is 10.1. The lowest BCUT2D eigenvalue weighted by molar-refractivity contribution is 0.416. The van der Waals surface area contributed by atoms with Crippen LogP contribution in [0.25, 0.3) is 11.3 Å². The molecule has 1 heterocycles. The van der Waals surface area contributed by atoms with Gasteiger partial charge in [-0.05, 0) is 31.0 Å². The lowest BCUT2D eigenvalue weighted by Crippen LogP contribution is -2.03. The number of nitrogens with one attached hydrogen (secondary N) is 1. The normalized spacial score (nSPS) is 14.2. The average molecular weight is 276 g/mol. The number of rotatable bonds is 4. The number of ether oxygens (including phenoxy) is 1. The summed E-state index contributed by atoms with van der Waals surface area (Å²) in [7, 11) is 1.64. The van der Waals surface area contributed by atoms with Crippen LogP contribution in [0.3, 0.4) is 0 Å². The van der Waals surface area contributed by atoms with E-state index in [4.69, 9.17) is 16.3 Å². The molecule has 1 N–H and O–H groups in total. The minimum atomic E-state index is 0.559. The summed E-state index contributed by atoms with van der Waals surface area (Å²) >= 11 is 6.04. The number of hydrogen-bond acceptors (Lipinski definition) is 4. The summed E-state index contributed by atoms with van der Waals surface area (Å²) in [5.74, 6) is 1.59. The molecule has 0 spiro atoms. The Morgan fingerprint density at radius 1 is 1.26 bits per heavy atom. The van der Waals surface area contributed by atoms with Crippen molar-refractivity contribution in [3.63, 3.8) is 0 Å². The minimum absolute atomic E-state index is 0.559. The first kappa shape index (κ1) is 12.2. The molecular weight excluding hydrogens is 262 g/mol. The Hall–Kier alpha value is -1.81. The molecule has 1 saturated carbocycles. The van der Waals surface area contributed by atoms with Gasteiger partial charge in [0.1, 0.15) is 17.9 Å². The molecule has 2 aromatic rings. The molecule has 1 aliphatic rings. The fourth-order valence-electron chi connectivity index (χ4n) is 1.90. The van der Waals surface area contributed by atoms with Crippen LogP contribution in [-0.2, 0) is 0 Å². The molecule has 1 aliphatic carbocycles. The number of nitrogens with zero attached hydrogens (tertiary/aromatic N) is 2. The van der Waals surface area contributed by atoms with Crippen LogP contribution >= 0.6 is 11.6 Å². The molecule has 0 amide bonds. The van der Waals surface area contributed by atoms with E-state index in [1.807, 2.05) is 18.2 Å². The zero-order valence-corrected chi connectivity index (χ0v) is 11.3. The molecule has 0 atom stereocenters. The summed E-state index contributed by atoms with van der Waals surface area (Å²) < 4.78 is 5.35. The second-order valence-electron chi connectivity index (χ2n) is 4.55. The quantitative estimate of drug-likeness (QED) is 0.929. The fourth-order valence-corrected chi connectivity index (χ4v) is 2.07. The summed E-state index contributed by atoms with van der Waals surface area (Å²) in [6, 6.07) is 7.97. The SMILES string of the molecule is COc1ccc(Cl)cc1-c1cc(NC2CC2)ncn1. The van der Waals surface area contributed by atoms with Gasteiger partial charge >= 0.3 is 0 Å². The van der Waals surface area contributed by atoms with Gasteiger partial charge in [0, 0.05) is 22.7 Å². The maximum Gasteiger partial charge on any atom is 0.130 e. The first-order valence-electron chi connectivity index (χ1n) is 6.19. The van der Waals surface area contributed by atoms with Gasteiger partial charge in [-0.25, -0.2) is 9.97 Å². The Morgan fingerprint density at radius 2 is 2.11 bits per heavy atom. The Morgan fingerprint density at radius 3 is 2.84 bits per heavy atom. The van der Waals surface area contributed by atoms with Crippen LogP contribution in [0, 0.1) is 0 Å². The molecule has 3 rings (SSSR count). The molecular formula is C14H14ClN3O. The van der Waals surface area contributed by atoms with Crippen LogP contribution in [-0.4, -0.2) is 23.1 Å². The minimum Gasteiger partial charge on any atom is -0.496 e. The van der Waals surface area contributed by atoms with Crippen molar-refractivity contribution < 1.29 is 4.74 Å². The number of benzene rings is 1. The first-order valence-corrected chi connectivity index (χ1v) is 6.56. The predicted octanol–water partition coefficient (Wildman–Crippen LogP) is 3.38. The van der Waals surface area contributed by atoms with Crippen LogP contribution in [0.15, 0.2) is 30.6 Å². The van der Waals surface area contributed by atoms with E-state index >= 15 is 0 Å². The molecule has 0 unspecified atom stereocenters. The third kappa shape index (κ3) is 2.79. The number of methoxy groups -OCH3 is 1. The maximum absolute atomic E-state index is 6.04. The molecule has 1 aromatic carbocycles. The third-order valence-electron chi connectivity index (χ3n) is 3.03. The fraction of sp³-hybridized carbons (Fsp3) is 0.286. The zero-order valence-electron chi connectivity index (χ0n) is 10.6. The standard InChI is InChI=1S/C14H14ClN3O/c1-19-13-5-2-9(15)6-11(13)12-7-14(17-8-16-12)18-10-3-4-10/h2,5-8,10H,3-4H2,1H3,(H,16,17,18). The molecule has 0 bridgehead atoms. The zero-order chi connectivity index (χ0) is 13.2. The van der Waals surface area contributed by atoms with E-state index in [1.165, 1.54) is 12.8 Å². The molecule has 0 saturated heterocycles. The molecule has 98 valence electrons. The van der Waals surface area contributed by atoms with Gasteiger partial charge in [-0.3, -0.25) is 0 Å². The van der Waals surface area contributed by atoms with E-state index in [2.05, 4.69) is 15.3 Å².